The van der Waals surface area contributed by atoms with Gasteiger partial charge in [-0.15, -0.1) is 0 Å². The van der Waals surface area contributed by atoms with Crippen molar-refractivity contribution in [3.8, 4) is 0 Å². The molecule has 3 aliphatic rings. The number of fused-ring (bicyclic) bond motifs is 1. The Balaban J connectivity index is 1.35. The second kappa shape index (κ2) is 7.77. The van der Waals surface area contributed by atoms with Crippen molar-refractivity contribution < 1.29 is 19.4 Å². The van der Waals surface area contributed by atoms with Crippen LogP contribution >= 0.6 is 0 Å². The summed E-state index contributed by atoms with van der Waals surface area (Å²) in [6.45, 7) is 2.87. The van der Waals surface area contributed by atoms with E-state index in [0.717, 1.165) is 4.57 Å². The fourth-order valence-electron chi connectivity index (χ4n) is 5.71. The zero-order valence-electron chi connectivity index (χ0n) is 19.6. The lowest BCUT2D eigenvalue weighted by Crippen LogP contribution is -2.59. The van der Waals surface area contributed by atoms with Crippen LogP contribution < -0.4 is 16.6 Å². The Labute approximate surface area is 195 Å². The number of piperidine rings is 1. The molecule has 3 fully saturated rings. The molecule has 0 saturated carbocycles. The van der Waals surface area contributed by atoms with Gasteiger partial charge < -0.3 is 24.6 Å². The molecule has 2 N–H and O–H groups in total. The van der Waals surface area contributed by atoms with Crippen molar-refractivity contribution in [2.24, 2.45) is 14.1 Å². The average Bonchev–Trinajstić information content (AvgIpc) is 3.42. The number of hydrogen-bond donors (Lipinski definition) is 2. The topological polar surface area (TPSA) is 141 Å². The first kappa shape index (κ1) is 22.8. The molecule has 0 unspecified atom stereocenters. The zero-order valence-corrected chi connectivity index (χ0v) is 19.6. The minimum Gasteiger partial charge on any atom is -0.388 e. The number of likely N-dealkylation sites (tertiary alicyclic amines) is 1. The van der Waals surface area contributed by atoms with Gasteiger partial charge in [-0.1, -0.05) is 0 Å². The quantitative estimate of drug-likeness (QED) is 0.556. The van der Waals surface area contributed by atoms with Crippen molar-refractivity contribution in [2.45, 2.75) is 62.3 Å². The van der Waals surface area contributed by atoms with Crippen LogP contribution in [0.15, 0.2) is 15.9 Å². The molecule has 12 heteroatoms. The number of rotatable bonds is 2. The summed E-state index contributed by atoms with van der Waals surface area (Å²) >= 11 is 0. The van der Waals surface area contributed by atoms with E-state index in [2.05, 4.69) is 10.3 Å². The lowest BCUT2D eigenvalue weighted by molar-refractivity contribution is -0.197. The molecule has 34 heavy (non-hydrogen) atoms. The van der Waals surface area contributed by atoms with Crippen LogP contribution in [0.4, 0.5) is 0 Å². The summed E-state index contributed by atoms with van der Waals surface area (Å²) in [4.78, 5) is 55.4. The van der Waals surface area contributed by atoms with E-state index in [1.54, 1.807) is 23.4 Å². The summed E-state index contributed by atoms with van der Waals surface area (Å²) in [7, 11) is 2.97. The minimum absolute atomic E-state index is 0.0625. The van der Waals surface area contributed by atoms with Crippen LogP contribution in [0.2, 0.25) is 0 Å². The molecule has 0 aliphatic carbocycles. The first-order valence-electron chi connectivity index (χ1n) is 11.6. The van der Waals surface area contributed by atoms with Gasteiger partial charge in [0.1, 0.15) is 6.04 Å². The molecule has 3 saturated heterocycles. The van der Waals surface area contributed by atoms with Gasteiger partial charge in [-0.3, -0.25) is 23.5 Å². The molecule has 0 aromatic carbocycles. The third-order valence-electron chi connectivity index (χ3n) is 7.73. The highest BCUT2D eigenvalue weighted by atomic mass is 16.5. The van der Waals surface area contributed by atoms with E-state index in [9.17, 15) is 24.3 Å². The molecule has 0 bridgehead atoms. The molecule has 5 rings (SSSR count). The van der Waals surface area contributed by atoms with E-state index in [-0.39, 0.29) is 29.6 Å². The zero-order chi connectivity index (χ0) is 24.4. The van der Waals surface area contributed by atoms with Crippen LogP contribution in [0.5, 0.6) is 0 Å². The molecule has 2 amide bonds. The van der Waals surface area contributed by atoms with Crippen molar-refractivity contribution in [3.05, 3.63) is 27.2 Å². The summed E-state index contributed by atoms with van der Waals surface area (Å²) in [5.41, 5.74) is -2.23. The fraction of sp³-hybridized carbons (Fsp3) is 0.682. The van der Waals surface area contributed by atoms with Gasteiger partial charge in [0, 0.05) is 40.0 Å². The molecule has 1 spiro atoms. The molecule has 2 aromatic rings. The van der Waals surface area contributed by atoms with E-state index in [1.165, 1.54) is 17.9 Å². The maximum absolute atomic E-state index is 12.9. The number of carbonyl (C=O) groups excluding carboxylic acids is 2. The molecular formula is C22H30N6O6. The van der Waals surface area contributed by atoms with Gasteiger partial charge >= 0.3 is 5.69 Å². The second-order valence-electron chi connectivity index (χ2n) is 10.1. The number of ether oxygens (including phenoxy) is 1. The SMILES string of the molecule is Cn1c(=O)c2c(ncn2[C@@H]2COC3(CCN(C(=O)[C@@H]4CCC(=O)N4)CC3)C[C@@]2(C)O)n(C)c1=O. The minimum atomic E-state index is -1.21. The molecule has 5 heterocycles. The number of aliphatic hydroxyl groups is 1. The highest BCUT2D eigenvalue weighted by molar-refractivity contribution is 5.90. The Hall–Kier alpha value is -2.99. The van der Waals surface area contributed by atoms with Crippen LogP contribution in [-0.2, 0) is 28.4 Å². The number of nitrogens with one attached hydrogen (secondary N) is 1. The molecule has 184 valence electrons. The number of imidazole rings is 1. The van der Waals surface area contributed by atoms with E-state index >= 15 is 0 Å². The lowest BCUT2D eigenvalue weighted by Gasteiger charge is -2.51. The van der Waals surface area contributed by atoms with E-state index < -0.39 is 34.5 Å². The number of carbonyl (C=O) groups is 2. The number of aryl methyl sites for hydroxylation is 1. The molecule has 12 nitrogen and oxygen atoms in total. The second-order valence-corrected chi connectivity index (χ2v) is 10.1. The summed E-state index contributed by atoms with van der Waals surface area (Å²) in [6, 6.07) is -1.02. The van der Waals surface area contributed by atoms with E-state index in [1.807, 2.05) is 0 Å². The number of nitrogens with zero attached hydrogens (tertiary/aromatic N) is 5. The third kappa shape index (κ3) is 3.47. The summed E-state index contributed by atoms with van der Waals surface area (Å²) < 4.78 is 10.3. The normalized spacial score (nSPS) is 29.1. The number of amides is 2. The summed E-state index contributed by atoms with van der Waals surface area (Å²) in [6.07, 6.45) is 3.85. The molecule has 0 radical (unpaired) electrons. The molecule has 3 atom stereocenters. The van der Waals surface area contributed by atoms with Gasteiger partial charge in [-0.2, -0.15) is 0 Å². The predicted octanol–water partition coefficient (Wildman–Crippen LogP) is -1.21. The van der Waals surface area contributed by atoms with Crippen molar-refractivity contribution in [2.75, 3.05) is 19.7 Å². The Bertz CT molecular complexity index is 1280. The summed E-state index contributed by atoms with van der Waals surface area (Å²) in [5.74, 6) is -0.154. The van der Waals surface area contributed by atoms with Crippen molar-refractivity contribution in [1.29, 1.82) is 0 Å². The Morgan fingerprint density at radius 2 is 1.91 bits per heavy atom. The van der Waals surface area contributed by atoms with Gasteiger partial charge in [-0.05, 0) is 26.2 Å². The van der Waals surface area contributed by atoms with Crippen LogP contribution in [0.25, 0.3) is 11.2 Å². The largest absolute Gasteiger partial charge is 0.388 e. The van der Waals surface area contributed by atoms with Gasteiger partial charge in [0.25, 0.3) is 5.56 Å². The van der Waals surface area contributed by atoms with Crippen molar-refractivity contribution in [3.63, 3.8) is 0 Å². The first-order chi connectivity index (χ1) is 16.0. The molecular weight excluding hydrogens is 444 g/mol. The van der Waals surface area contributed by atoms with E-state index in [4.69, 9.17) is 4.74 Å². The van der Waals surface area contributed by atoms with Crippen molar-refractivity contribution in [1.82, 2.24) is 28.9 Å². The highest BCUT2D eigenvalue weighted by Crippen LogP contribution is 2.44. The van der Waals surface area contributed by atoms with Crippen LogP contribution in [-0.4, -0.2) is 77.4 Å². The number of aromatic nitrogens is 4. The van der Waals surface area contributed by atoms with Gasteiger partial charge in [0.2, 0.25) is 11.8 Å². The molecule has 2 aromatic heterocycles. The van der Waals surface area contributed by atoms with Gasteiger partial charge in [0.15, 0.2) is 11.2 Å². The van der Waals surface area contributed by atoms with Gasteiger partial charge in [0.05, 0.1) is 30.2 Å². The predicted molar refractivity (Wildman–Crippen MR) is 120 cm³/mol. The standard InChI is InChI=1S/C22H30N6O6/c1-21(33)11-22(6-8-27(9-7-22)18(30)13-4-5-15(29)24-13)34-10-14(21)28-12-23-17-16(28)19(31)26(3)20(32)25(17)2/h12-14,33H,4-11H2,1-3H3,(H,24,29)/t13-,14+,21+/m0/s1. The molecule has 3 aliphatic heterocycles. The maximum atomic E-state index is 12.9. The van der Waals surface area contributed by atoms with Gasteiger partial charge in [-0.25, -0.2) is 9.78 Å². The Kier molecular flexibility index (Phi) is 5.21. The lowest BCUT2D eigenvalue weighted by atomic mass is 9.75. The maximum Gasteiger partial charge on any atom is 0.332 e. The Morgan fingerprint density at radius 1 is 1.21 bits per heavy atom. The summed E-state index contributed by atoms with van der Waals surface area (Å²) in [5, 5.41) is 14.2. The van der Waals surface area contributed by atoms with Crippen molar-refractivity contribution >= 4 is 23.0 Å². The average molecular weight is 475 g/mol. The van der Waals surface area contributed by atoms with Crippen LogP contribution in [0.1, 0.15) is 45.1 Å². The van der Waals surface area contributed by atoms with Crippen LogP contribution in [0.3, 0.4) is 0 Å². The first-order valence-corrected chi connectivity index (χ1v) is 11.6. The van der Waals surface area contributed by atoms with E-state index in [0.29, 0.717) is 45.2 Å². The fourth-order valence-corrected chi connectivity index (χ4v) is 5.71. The highest BCUT2D eigenvalue weighted by Gasteiger charge is 2.51. The monoisotopic (exact) mass is 474 g/mol. The van der Waals surface area contributed by atoms with Crippen LogP contribution in [0, 0.1) is 0 Å². The Morgan fingerprint density at radius 3 is 2.53 bits per heavy atom. The third-order valence-corrected chi connectivity index (χ3v) is 7.73. The smallest absolute Gasteiger partial charge is 0.332 e. The number of hydrogen-bond acceptors (Lipinski definition) is 7.